The molecule has 31 heavy (non-hydrogen) atoms. The highest BCUT2D eigenvalue weighted by Crippen LogP contribution is 2.29. The Morgan fingerprint density at radius 1 is 1.06 bits per heavy atom. The van der Waals surface area contributed by atoms with Crippen LogP contribution in [0.25, 0.3) is 0 Å². The van der Waals surface area contributed by atoms with Crippen molar-refractivity contribution in [2.75, 3.05) is 39.3 Å². The summed E-state index contributed by atoms with van der Waals surface area (Å²) in [5, 5.41) is 9.26. The maximum atomic E-state index is 13.0. The fourth-order valence-corrected chi connectivity index (χ4v) is 4.29. The molecule has 0 spiro atoms. The van der Waals surface area contributed by atoms with E-state index in [0.29, 0.717) is 18.4 Å². The Bertz CT molecular complexity index is 854. The number of halogens is 1. The Morgan fingerprint density at radius 2 is 1.81 bits per heavy atom. The highest BCUT2D eigenvalue weighted by molar-refractivity contribution is 5.40. The summed E-state index contributed by atoms with van der Waals surface area (Å²) in [7, 11) is 0. The predicted molar refractivity (Wildman–Crippen MR) is 123 cm³/mol. The van der Waals surface area contributed by atoms with Crippen LogP contribution in [-0.4, -0.2) is 49.1 Å². The first kappa shape index (κ1) is 23.2. The molecular weight excluding hydrogens is 389 g/mol. The third kappa shape index (κ3) is 6.78. The van der Waals surface area contributed by atoms with E-state index in [2.05, 4.69) is 34.9 Å². The van der Waals surface area contributed by atoms with E-state index < -0.39 is 0 Å². The van der Waals surface area contributed by atoms with E-state index in [1.54, 1.807) is 12.1 Å². The largest absolute Gasteiger partial charge is 0.492 e. The van der Waals surface area contributed by atoms with Crippen LogP contribution < -0.4 is 4.74 Å². The molecule has 1 aliphatic heterocycles. The Morgan fingerprint density at radius 3 is 2.45 bits per heavy atom. The molecular formula is C26H34FN3O. The van der Waals surface area contributed by atoms with Crippen molar-refractivity contribution in [2.45, 2.75) is 45.6 Å². The summed E-state index contributed by atoms with van der Waals surface area (Å²) in [6.45, 7) is 9.87. The number of hydrogen-bond acceptors (Lipinski definition) is 4. The number of nitrogens with zero attached hydrogens (tertiary/aromatic N) is 3. The van der Waals surface area contributed by atoms with Crippen molar-refractivity contribution in [1.29, 1.82) is 5.26 Å². The van der Waals surface area contributed by atoms with Gasteiger partial charge in [-0.05, 0) is 54.8 Å². The molecule has 0 bridgehead atoms. The number of ether oxygens (including phenoxy) is 1. The van der Waals surface area contributed by atoms with Crippen LogP contribution >= 0.6 is 0 Å². The first-order chi connectivity index (χ1) is 15.1. The van der Waals surface area contributed by atoms with Gasteiger partial charge >= 0.3 is 0 Å². The lowest BCUT2D eigenvalue weighted by Crippen LogP contribution is -2.48. The Balaban J connectivity index is 1.54. The van der Waals surface area contributed by atoms with Gasteiger partial charge in [-0.3, -0.25) is 9.80 Å². The zero-order chi connectivity index (χ0) is 22.1. The second-order valence-corrected chi connectivity index (χ2v) is 8.38. The molecule has 0 aliphatic carbocycles. The molecule has 5 heteroatoms. The van der Waals surface area contributed by atoms with Crippen LogP contribution in [0.4, 0.5) is 4.39 Å². The number of piperazine rings is 1. The average Bonchev–Trinajstić information content (AvgIpc) is 2.79. The number of unbranched alkanes of at least 4 members (excludes halogenated alkanes) is 2. The first-order valence-corrected chi connectivity index (χ1v) is 11.5. The SMILES string of the molecule is CCCCCC(c1ccc(C#N)c(C)c1)N1CCN(CCOc2ccc(F)cc2)CC1. The predicted octanol–water partition coefficient (Wildman–Crippen LogP) is 5.32. The van der Waals surface area contributed by atoms with E-state index >= 15 is 0 Å². The lowest BCUT2D eigenvalue weighted by atomic mass is 9.95. The van der Waals surface area contributed by atoms with Gasteiger partial charge in [0.1, 0.15) is 18.2 Å². The van der Waals surface area contributed by atoms with E-state index in [1.165, 1.54) is 37.0 Å². The third-order valence-electron chi connectivity index (χ3n) is 6.17. The highest BCUT2D eigenvalue weighted by Gasteiger charge is 2.25. The molecule has 3 rings (SSSR count). The summed E-state index contributed by atoms with van der Waals surface area (Å²) in [6.07, 6.45) is 4.87. The number of benzene rings is 2. The molecule has 1 heterocycles. The average molecular weight is 424 g/mol. The molecule has 0 N–H and O–H groups in total. The van der Waals surface area contributed by atoms with Gasteiger partial charge < -0.3 is 4.74 Å². The minimum atomic E-state index is -0.241. The molecule has 2 aromatic carbocycles. The number of aryl methyl sites for hydroxylation is 1. The van der Waals surface area contributed by atoms with Gasteiger partial charge in [-0.1, -0.05) is 38.3 Å². The van der Waals surface area contributed by atoms with Crippen LogP contribution in [0.2, 0.25) is 0 Å². The first-order valence-electron chi connectivity index (χ1n) is 11.5. The third-order valence-corrected chi connectivity index (χ3v) is 6.17. The topological polar surface area (TPSA) is 39.5 Å². The van der Waals surface area contributed by atoms with Crippen molar-refractivity contribution in [1.82, 2.24) is 9.80 Å². The Hall–Kier alpha value is -2.42. The van der Waals surface area contributed by atoms with Crippen LogP contribution in [0.5, 0.6) is 5.75 Å². The molecule has 166 valence electrons. The molecule has 1 aliphatic rings. The van der Waals surface area contributed by atoms with Crippen molar-refractivity contribution < 1.29 is 9.13 Å². The molecule has 1 atom stereocenters. The maximum Gasteiger partial charge on any atom is 0.123 e. The van der Waals surface area contributed by atoms with Gasteiger partial charge in [-0.15, -0.1) is 0 Å². The Labute approximate surface area is 186 Å². The summed E-state index contributed by atoms with van der Waals surface area (Å²) in [4.78, 5) is 5.04. The molecule has 0 aromatic heterocycles. The summed E-state index contributed by atoms with van der Waals surface area (Å²) in [5.74, 6) is 0.474. The van der Waals surface area contributed by atoms with Crippen LogP contribution in [0.3, 0.4) is 0 Å². The minimum absolute atomic E-state index is 0.241. The summed E-state index contributed by atoms with van der Waals surface area (Å²) < 4.78 is 18.8. The van der Waals surface area contributed by atoms with E-state index in [-0.39, 0.29) is 5.82 Å². The van der Waals surface area contributed by atoms with Gasteiger partial charge in [0.05, 0.1) is 11.6 Å². The Kier molecular flexibility index (Phi) is 8.87. The minimum Gasteiger partial charge on any atom is -0.492 e. The van der Waals surface area contributed by atoms with Crippen molar-refractivity contribution >= 4 is 0 Å². The smallest absolute Gasteiger partial charge is 0.123 e. The number of rotatable bonds is 10. The van der Waals surface area contributed by atoms with Gasteiger partial charge in [0, 0.05) is 38.8 Å². The van der Waals surface area contributed by atoms with Gasteiger partial charge in [0.25, 0.3) is 0 Å². The van der Waals surface area contributed by atoms with Gasteiger partial charge in [0.15, 0.2) is 0 Å². The van der Waals surface area contributed by atoms with Crippen LogP contribution in [0.15, 0.2) is 42.5 Å². The zero-order valence-electron chi connectivity index (χ0n) is 18.8. The van der Waals surface area contributed by atoms with Crippen LogP contribution in [0.1, 0.15) is 55.3 Å². The summed E-state index contributed by atoms with van der Waals surface area (Å²) in [6, 6.07) is 15.2. The van der Waals surface area contributed by atoms with Crippen LogP contribution in [-0.2, 0) is 0 Å². The van der Waals surface area contributed by atoms with E-state index in [1.807, 2.05) is 13.0 Å². The van der Waals surface area contributed by atoms with E-state index in [4.69, 9.17) is 4.74 Å². The van der Waals surface area contributed by atoms with Crippen molar-refractivity contribution in [3.63, 3.8) is 0 Å². The molecule has 2 aromatic rings. The van der Waals surface area contributed by atoms with Crippen molar-refractivity contribution in [2.24, 2.45) is 0 Å². The van der Waals surface area contributed by atoms with Gasteiger partial charge in [-0.2, -0.15) is 5.26 Å². The standard InChI is InChI=1S/C26H34FN3O/c1-3-4-5-6-26(22-7-8-23(20-28)21(2)19-22)30-15-13-29(14-16-30)17-18-31-25-11-9-24(27)10-12-25/h7-12,19,26H,3-6,13-18H2,1-2H3. The lowest BCUT2D eigenvalue weighted by Gasteiger charge is -2.39. The summed E-state index contributed by atoms with van der Waals surface area (Å²) in [5.41, 5.74) is 3.17. The highest BCUT2D eigenvalue weighted by atomic mass is 19.1. The van der Waals surface area contributed by atoms with Gasteiger partial charge in [-0.25, -0.2) is 4.39 Å². The second kappa shape index (κ2) is 11.8. The zero-order valence-corrected chi connectivity index (χ0v) is 18.8. The van der Waals surface area contributed by atoms with E-state index in [0.717, 1.165) is 50.3 Å². The second-order valence-electron chi connectivity index (χ2n) is 8.38. The lowest BCUT2D eigenvalue weighted by molar-refractivity contribution is 0.0817. The van der Waals surface area contributed by atoms with E-state index in [9.17, 15) is 9.65 Å². The normalized spacial score (nSPS) is 16.1. The molecule has 1 saturated heterocycles. The monoisotopic (exact) mass is 423 g/mol. The molecule has 0 amide bonds. The number of hydrogen-bond donors (Lipinski definition) is 0. The fraction of sp³-hybridized carbons (Fsp3) is 0.500. The van der Waals surface area contributed by atoms with Gasteiger partial charge in [0.2, 0.25) is 0 Å². The molecule has 4 nitrogen and oxygen atoms in total. The van der Waals surface area contributed by atoms with Crippen LogP contribution in [0, 0.1) is 24.1 Å². The molecule has 1 fully saturated rings. The maximum absolute atomic E-state index is 13.0. The fourth-order valence-electron chi connectivity index (χ4n) is 4.29. The summed E-state index contributed by atoms with van der Waals surface area (Å²) >= 11 is 0. The molecule has 0 radical (unpaired) electrons. The number of nitriles is 1. The quantitative estimate of drug-likeness (QED) is 0.485. The van der Waals surface area contributed by atoms with Crippen molar-refractivity contribution in [3.8, 4) is 11.8 Å². The molecule has 1 unspecified atom stereocenters. The van der Waals surface area contributed by atoms with Crippen molar-refractivity contribution in [3.05, 3.63) is 65.0 Å². The molecule has 0 saturated carbocycles.